The number of pyridine rings is 1. The van der Waals surface area contributed by atoms with Crippen LogP contribution < -0.4 is 9.64 Å². The van der Waals surface area contributed by atoms with Crippen molar-refractivity contribution < 1.29 is 9.53 Å². The molecule has 1 fully saturated rings. The molecule has 1 aromatic heterocycles. The Bertz CT molecular complexity index is 1060. The third kappa shape index (κ3) is 3.67. The molecule has 2 aromatic carbocycles. The highest BCUT2D eigenvalue weighted by Crippen LogP contribution is 2.56. The number of carbonyl (C=O) groups is 1. The predicted molar refractivity (Wildman–Crippen MR) is 118 cm³/mol. The molecule has 1 aliphatic heterocycles. The van der Waals surface area contributed by atoms with E-state index in [4.69, 9.17) is 27.9 Å². The first-order valence-electron chi connectivity index (χ1n) is 9.73. The van der Waals surface area contributed by atoms with Crippen molar-refractivity contribution in [1.82, 2.24) is 4.98 Å². The Balaban J connectivity index is 1.78. The highest BCUT2D eigenvalue weighted by Gasteiger charge is 2.51. The number of hydrogen-bond donors (Lipinski definition) is 0. The normalized spacial score (nSPS) is 17.8. The Morgan fingerprint density at radius 1 is 1.21 bits per heavy atom. The van der Waals surface area contributed by atoms with Gasteiger partial charge in [0, 0.05) is 30.0 Å². The quantitative estimate of drug-likeness (QED) is 0.206. The van der Waals surface area contributed by atoms with Gasteiger partial charge in [-0.3, -0.25) is 9.78 Å². The summed E-state index contributed by atoms with van der Waals surface area (Å²) in [5.74, 6) is 0.363. The molecule has 0 spiro atoms. The van der Waals surface area contributed by atoms with E-state index in [1.807, 2.05) is 67.3 Å². The van der Waals surface area contributed by atoms with Crippen molar-refractivity contribution in [2.24, 2.45) is 0 Å². The smallest absolute Gasteiger partial charge is 0.311 e. The molecule has 0 radical (unpaired) electrons. The molecule has 0 bridgehead atoms. The fourth-order valence-corrected chi connectivity index (χ4v) is 4.57. The standard InChI is InChI=1S/C23H22Cl2N2O2/c1-3-7-20(28)29-22-15(2)8-4-11-17(22)19-14-23(24,25)27(19)18-12-5-9-16-10-6-13-26-21(16)18/h4-6,8-13,19H,3,7,14H2,1-2H3. The Morgan fingerprint density at radius 2 is 1.97 bits per heavy atom. The number of alkyl halides is 2. The maximum Gasteiger partial charge on any atom is 0.311 e. The van der Waals surface area contributed by atoms with E-state index >= 15 is 0 Å². The Hall–Kier alpha value is -2.30. The minimum absolute atomic E-state index is 0.123. The molecular formula is C23H22Cl2N2O2. The van der Waals surface area contributed by atoms with Gasteiger partial charge < -0.3 is 9.64 Å². The SMILES string of the molecule is CCCC(=O)Oc1c(C)cccc1C1CC(Cl)(Cl)N1c1cccc2cccnc12. The van der Waals surface area contributed by atoms with Gasteiger partial charge in [-0.25, -0.2) is 0 Å². The van der Waals surface area contributed by atoms with Crippen molar-refractivity contribution in [3.8, 4) is 5.75 Å². The molecule has 4 nitrogen and oxygen atoms in total. The second kappa shape index (κ2) is 7.85. The van der Waals surface area contributed by atoms with Gasteiger partial charge in [0.05, 0.1) is 17.2 Å². The average Bonchev–Trinajstić information content (AvgIpc) is 2.68. The first-order chi connectivity index (χ1) is 13.9. The lowest BCUT2D eigenvalue weighted by Crippen LogP contribution is -2.55. The number of ether oxygens (including phenoxy) is 1. The second-order valence-electron chi connectivity index (χ2n) is 7.33. The van der Waals surface area contributed by atoms with Gasteiger partial charge in [-0.1, -0.05) is 66.5 Å². The van der Waals surface area contributed by atoms with Crippen molar-refractivity contribution in [1.29, 1.82) is 0 Å². The lowest BCUT2D eigenvalue weighted by Gasteiger charge is -2.53. The number of anilines is 1. The van der Waals surface area contributed by atoms with Crippen LogP contribution in [0, 0.1) is 6.92 Å². The van der Waals surface area contributed by atoms with Crippen molar-refractivity contribution in [3.63, 3.8) is 0 Å². The maximum atomic E-state index is 12.2. The van der Waals surface area contributed by atoms with Crippen LogP contribution in [0.4, 0.5) is 5.69 Å². The number of esters is 1. The van der Waals surface area contributed by atoms with Crippen LogP contribution in [0.1, 0.15) is 43.4 Å². The van der Waals surface area contributed by atoms with Crippen LogP contribution in [-0.2, 0) is 4.79 Å². The van der Waals surface area contributed by atoms with Gasteiger partial charge in [0.25, 0.3) is 0 Å². The maximum absolute atomic E-state index is 12.2. The summed E-state index contributed by atoms with van der Waals surface area (Å²) in [7, 11) is 0. The molecule has 0 aliphatic carbocycles. The highest BCUT2D eigenvalue weighted by atomic mass is 35.5. The van der Waals surface area contributed by atoms with Crippen LogP contribution in [0.5, 0.6) is 5.75 Å². The summed E-state index contributed by atoms with van der Waals surface area (Å²) in [6.45, 7) is 3.89. The highest BCUT2D eigenvalue weighted by molar-refractivity contribution is 6.50. The van der Waals surface area contributed by atoms with Crippen molar-refractivity contribution >= 4 is 45.8 Å². The molecule has 0 N–H and O–H groups in total. The van der Waals surface area contributed by atoms with Gasteiger partial charge >= 0.3 is 5.97 Å². The number of hydrogen-bond acceptors (Lipinski definition) is 4. The summed E-state index contributed by atoms with van der Waals surface area (Å²) in [5, 5.41) is 1.01. The number of carbonyl (C=O) groups excluding carboxylic acids is 1. The Morgan fingerprint density at radius 3 is 2.72 bits per heavy atom. The van der Waals surface area contributed by atoms with Crippen LogP contribution in [0.15, 0.2) is 54.7 Å². The largest absolute Gasteiger partial charge is 0.426 e. The van der Waals surface area contributed by atoms with E-state index in [-0.39, 0.29) is 12.0 Å². The van der Waals surface area contributed by atoms with Crippen molar-refractivity contribution in [3.05, 3.63) is 65.9 Å². The molecule has 29 heavy (non-hydrogen) atoms. The Kier molecular flexibility index (Phi) is 5.41. The predicted octanol–water partition coefficient (Wildman–Crippen LogP) is 6.33. The van der Waals surface area contributed by atoms with Gasteiger partial charge in [-0.05, 0) is 31.0 Å². The monoisotopic (exact) mass is 428 g/mol. The molecule has 2 heterocycles. The first kappa shape index (κ1) is 20.0. The molecule has 150 valence electrons. The number of fused-ring (bicyclic) bond motifs is 1. The number of benzene rings is 2. The van der Waals surface area contributed by atoms with E-state index in [0.29, 0.717) is 18.6 Å². The first-order valence-corrected chi connectivity index (χ1v) is 10.5. The van der Waals surface area contributed by atoms with E-state index in [0.717, 1.165) is 34.1 Å². The van der Waals surface area contributed by atoms with Crippen LogP contribution >= 0.6 is 23.2 Å². The number of para-hydroxylation sites is 2. The summed E-state index contributed by atoms with van der Waals surface area (Å²) >= 11 is 13.3. The van der Waals surface area contributed by atoms with Gasteiger partial charge in [0.15, 0.2) is 4.46 Å². The van der Waals surface area contributed by atoms with Crippen LogP contribution in [0.3, 0.4) is 0 Å². The minimum Gasteiger partial charge on any atom is -0.426 e. The number of aryl methyl sites for hydroxylation is 1. The third-order valence-corrected chi connectivity index (χ3v) is 5.92. The third-order valence-electron chi connectivity index (χ3n) is 5.25. The van der Waals surface area contributed by atoms with E-state index < -0.39 is 4.46 Å². The number of nitrogens with zero attached hydrogens (tertiary/aromatic N) is 2. The van der Waals surface area contributed by atoms with E-state index in [1.165, 1.54) is 0 Å². The average molecular weight is 429 g/mol. The minimum atomic E-state index is -1.06. The molecule has 1 unspecified atom stereocenters. The van der Waals surface area contributed by atoms with Crippen molar-refractivity contribution in [2.75, 3.05) is 4.90 Å². The van der Waals surface area contributed by atoms with Crippen LogP contribution in [-0.4, -0.2) is 15.4 Å². The fraction of sp³-hybridized carbons (Fsp3) is 0.304. The molecule has 6 heteroatoms. The molecule has 0 amide bonds. The second-order valence-corrected chi connectivity index (χ2v) is 8.77. The summed E-state index contributed by atoms with van der Waals surface area (Å²) in [5.41, 5.74) is 3.50. The van der Waals surface area contributed by atoms with Crippen LogP contribution in [0.25, 0.3) is 10.9 Å². The number of aromatic nitrogens is 1. The summed E-state index contributed by atoms with van der Waals surface area (Å²) in [6.07, 6.45) is 3.39. The zero-order chi connectivity index (χ0) is 20.6. The number of halogens is 2. The zero-order valence-electron chi connectivity index (χ0n) is 16.4. The molecule has 3 aromatic rings. The molecule has 1 atom stereocenters. The molecule has 4 rings (SSSR count). The van der Waals surface area contributed by atoms with E-state index in [1.54, 1.807) is 6.20 Å². The van der Waals surface area contributed by atoms with Gasteiger partial charge in [0.1, 0.15) is 5.75 Å². The van der Waals surface area contributed by atoms with Crippen LogP contribution in [0.2, 0.25) is 0 Å². The molecule has 1 saturated heterocycles. The lowest BCUT2D eigenvalue weighted by molar-refractivity contribution is -0.134. The summed E-state index contributed by atoms with van der Waals surface area (Å²) in [6, 6.07) is 15.6. The zero-order valence-corrected chi connectivity index (χ0v) is 17.9. The lowest BCUT2D eigenvalue weighted by atomic mass is 9.90. The van der Waals surface area contributed by atoms with Gasteiger partial charge in [-0.2, -0.15) is 0 Å². The molecule has 1 aliphatic rings. The molecule has 0 saturated carbocycles. The summed E-state index contributed by atoms with van der Waals surface area (Å²) < 4.78 is 4.68. The van der Waals surface area contributed by atoms with Gasteiger partial charge in [-0.15, -0.1) is 0 Å². The van der Waals surface area contributed by atoms with Gasteiger partial charge in [0.2, 0.25) is 0 Å². The topological polar surface area (TPSA) is 42.4 Å². The van der Waals surface area contributed by atoms with Crippen molar-refractivity contribution in [2.45, 2.75) is 43.6 Å². The summed E-state index contributed by atoms with van der Waals surface area (Å²) in [4.78, 5) is 18.7. The Labute approximate surface area is 180 Å². The fourth-order valence-electron chi connectivity index (χ4n) is 3.86. The molecular weight excluding hydrogens is 407 g/mol. The number of rotatable bonds is 5. The van der Waals surface area contributed by atoms with E-state index in [2.05, 4.69) is 4.98 Å². The van der Waals surface area contributed by atoms with E-state index in [9.17, 15) is 4.79 Å².